The molecule has 2 unspecified atom stereocenters. The van der Waals surface area contributed by atoms with Gasteiger partial charge >= 0.3 is 5.97 Å². The predicted octanol–water partition coefficient (Wildman–Crippen LogP) is 3.83. The second-order valence-corrected chi connectivity index (χ2v) is 7.17. The molecule has 0 fully saturated rings. The monoisotopic (exact) mass is 384 g/mol. The number of carboxylic acids is 1. The first-order valence-corrected chi connectivity index (χ1v) is 9.40. The van der Waals surface area contributed by atoms with E-state index in [0.29, 0.717) is 16.5 Å². The van der Waals surface area contributed by atoms with Crippen molar-refractivity contribution in [2.75, 3.05) is 0 Å². The van der Waals surface area contributed by atoms with E-state index in [1.807, 2.05) is 54.8 Å². The molecule has 0 radical (unpaired) electrons. The molecule has 1 aromatic carbocycles. The SMILES string of the molecule is Cc1ccc(-c2nc(CC(=O)NC(c3ccccc3)C(C)C(=O)O)cs2)o1. The van der Waals surface area contributed by atoms with Crippen LogP contribution in [-0.4, -0.2) is 22.0 Å². The van der Waals surface area contributed by atoms with E-state index in [9.17, 15) is 14.7 Å². The molecule has 2 aromatic heterocycles. The minimum atomic E-state index is -0.965. The van der Waals surface area contributed by atoms with Crippen LogP contribution in [0.25, 0.3) is 10.8 Å². The maximum absolute atomic E-state index is 12.5. The lowest BCUT2D eigenvalue weighted by Gasteiger charge is -2.22. The number of furan rings is 1. The van der Waals surface area contributed by atoms with Crippen LogP contribution in [0.2, 0.25) is 0 Å². The Labute approximate surface area is 160 Å². The number of rotatable bonds is 7. The summed E-state index contributed by atoms with van der Waals surface area (Å²) in [5, 5.41) is 14.7. The Morgan fingerprint density at radius 3 is 2.59 bits per heavy atom. The summed E-state index contributed by atoms with van der Waals surface area (Å²) >= 11 is 1.41. The maximum Gasteiger partial charge on any atom is 0.308 e. The van der Waals surface area contributed by atoms with Crippen molar-refractivity contribution >= 4 is 23.2 Å². The summed E-state index contributed by atoms with van der Waals surface area (Å²) in [4.78, 5) is 28.4. The third-order valence-electron chi connectivity index (χ3n) is 4.21. The molecule has 3 rings (SSSR count). The number of aromatic nitrogens is 1. The van der Waals surface area contributed by atoms with Gasteiger partial charge in [0.05, 0.1) is 24.1 Å². The van der Waals surface area contributed by atoms with Crippen molar-refractivity contribution in [1.29, 1.82) is 0 Å². The molecule has 3 aromatic rings. The van der Waals surface area contributed by atoms with Crippen molar-refractivity contribution in [2.45, 2.75) is 26.3 Å². The fraction of sp³-hybridized carbons (Fsp3) is 0.250. The van der Waals surface area contributed by atoms with E-state index < -0.39 is 17.9 Å². The van der Waals surface area contributed by atoms with E-state index in [2.05, 4.69) is 10.3 Å². The number of benzene rings is 1. The van der Waals surface area contributed by atoms with Crippen LogP contribution in [0.4, 0.5) is 0 Å². The summed E-state index contributed by atoms with van der Waals surface area (Å²) in [6.45, 7) is 3.44. The summed E-state index contributed by atoms with van der Waals surface area (Å²) in [6, 6.07) is 12.2. The molecule has 6 nitrogen and oxygen atoms in total. The number of carboxylic acid groups (broad SMARTS) is 1. The van der Waals surface area contributed by atoms with Crippen molar-refractivity contribution in [2.24, 2.45) is 5.92 Å². The van der Waals surface area contributed by atoms with Crippen LogP contribution in [0.15, 0.2) is 52.3 Å². The second-order valence-electron chi connectivity index (χ2n) is 6.31. The summed E-state index contributed by atoms with van der Waals surface area (Å²) in [7, 11) is 0. The zero-order valence-electron chi connectivity index (χ0n) is 15.0. The molecule has 27 heavy (non-hydrogen) atoms. The number of nitrogens with zero attached hydrogens (tertiary/aromatic N) is 1. The maximum atomic E-state index is 12.5. The second kappa shape index (κ2) is 8.18. The number of hydrogen-bond donors (Lipinski definition) is 2. The summed E-state index contributed by atoms with van der Waals surface area (Å²) in [5.74, 6) is -0.523. The van der Waals surface area contributed by atoms with Gasteiger partial charge in [-0.25, -0.2) is 4.98 Å². The Kier molecular flexibility index (Phi) is 5.71. The van der Waals surface area contributed by atoms with Crippen LogP contribution in [-0.2, 0) is 16.0 Å². The van der Waals surface area contributed by atoms with Gasteiger partial charge < -0.3 is 14.8 Å². The predicted molar refractivity (Wildman–Crippen MR) is 102 cm³/mol. The Morgan fingerprint density at radius 2 is 1.96 bits per heavy atom. The fourth-order valence-electron chi connectivity index (χ4n) is 2.74. The van der Waals surface area contributed by atoms with Gasteiger partial charge in [0.2, 0.25) is 5.91 Å². The van der Waals surface area contributed by atoms with Gasteiger partial charge in [0, 0.05) is 5.38 Å². The quantitative estimate of drug-likeness (QED) is 0.646. The van der Waals surface area contributed by atoms with Gasteiger partial charge in [0.15, 0.2) is 10.8 Å². The average Bonchev–Trinajstić information content (AvgIpc) is 3.28. The molecule has 2 heterocycles. The van der Waals surface area contributed by atoms with E-state index in [0.717, 1.165) is 11.3 Å². The summed E-state index contributed by atoms with van der Waals surface area (Å²) < 4.78 is 5.55. The van der Waals surface area contributed by atoms with Gasteiger partial charge in [-0.2, -0.15) is 0 Å². The number of thiazole rings is 1. The summed E-state index contributed by atoms with van der Waals surface area (Å²) in [5.41, 5.74) is 1.38. The van der Waals surface area contributed by atoms with Gasteiger partial charge in [0.1, 0.15) is 5.76 Å². The highest BCUT2D eigenvalue weighted by molar-refractivity contribution is 7.13. The molecule has 140 valence electrons. The van der Waals surface area contributed by atoms with Crippen LogP contribution >= 0.6 is 11.3 Å². The average molecular weight is 384 g/mol. The lowest BCUT2D eigenvalue weighted by molar-refractivity contribution is -0.142. The molecule has 0 saturated heterocycles. The van der Waals surface area contributed by atoms with Gasteiger partial charge in [-0.05, 0) is 31.5 Å². The highest BCUT2D eigenvalue weighted by Crippen LogP contribution is 2.26. The minimum absolute atomic E-state index is 0.0753. The van der Waals surface area contributed by atoms with Crippen LogP contribution in [0.5, 0.6) is 0 Å². The zero-order chi connectivity index (χ0) is 19.4. The molecule has 0 aliphatic carbocycles. The lowest BCUT2D eigenvalue weighted by atomic mass is 9.94. The number of hydrogen-bond acceptors (Lipinski definition) is 5. The first-order valence-electron chi connectivity index (χ1n) is 8.52. The molecule has 0 bridgehead atoms. The van der Waals surface area contributed by atoms with E-state index in [-0.39, 0.29) is 12.3 Å². The highest BCUT2D eigenvalue weighted by atomic mass is 32.1. The number of aliphatic carboxylic acids is 1. The topological polar surface area (TPSA) is 92.4 Å². The molecule has 2 atom stereocenters. The molecule has 0 aliphatic rings. The first kappa shape index (κ1) is 18.8. The molecule has 0 saturated carbocycles. The lowest BCUT2D eigenvalue weighted by Crippen LogP contribution is -2.36. The third kappa shape index (κ3) is 4.62. The molecule has 1 amide bonds. The van der Waals surface area contributed by atoms with Crippen molar-refractivity contribution in [3.05, 3.63) is 64.9 Å². The number of amides is 1. The van der Waals surface area contributed by atoms with E-state index >= 15 is 0 Å². The molecular formula is C20H20N2O4S. The molecule has 0 spiro atoms. The van der Waals surface area contributed by atoms with E-state index in [4.69, 9.17) is 4.42 Å². The van der Waals surface area contributed by atoms with Crippen molar-refractivity contribution in [3.8, 4) is 10.8 Å². The van der Waals surface area contributed by atoms with E-state index in [1.165, 1.54) is 11.3 Å². The van der Waals surface area contributed by atoms with Crippen molar-refractivity contribution in [1.82, 2.24) is 10.3 Å². The molecule has 7 heteroatoms. The van der Waals surface area contributed by atoms with E-state index in [1.54, 1.807) is 6.92 Å². The van der Waals surface area contributed by atoms with Crippen molar-refractivity contribution in [3.63, 3.8) is 0 Å². The fourth-order valence-corrected chi connectivity index (χ4v) is 3.52. The summed E-state index contributed by atoms with van der Waals surface area (Å²) in [6.07, 6.45) is 0.0753. The number of carbonyl (C=O) groups excluding carboxylic acids is 1. The number of aryl methyl sites for hydroxylation is 1. The van der Waals surface area contributed by atoms with Crippen molar-refractivity contribution < 1.29 is 19.1 Å². The molecular weight excluding hydrogens is 364 g/mol. The Balaban J connectivity index is 1.71. The molecule has 0 aliphatic heterocycles. The van der Waals surface area contributed by atoms with Gasteiger partial charge in [-0.15, -0.1) is 11.3 Å². The normalized spacial score (nSPS) is 13.1. The first-order chi connectivity index (χ1) is 12.9. The Bertz CT molecular complexity index is 932. The minimum Gasteiger partial charge on any atom is -0.481 e. The van der Waals surface area contributed by atoms with Gasteiger partial charge in [-0.1, -0.05) is 30.3 Å². The molecule has 2 N–H and O–H groups in total. The van der Waals surface area contributed by atoms with Gasteiger partial charge in [-0.3, -0.25) is 9.59 Å². The zero-order valence-corrected chi connectivity index (χ0v) is 15.8. The smallest absolute Gasteiger partial charge is 0.308 e. The van der Waals surface area contributed by atoms with Crippen LogP contribution < -0.4 is 5.32 Å². The Hall–Kier alpha value is -2.93. The highest BCUT2D eigenvalue weighted by Gasteiger charge is 2.27. The standard InChI is InChI=1S/C20H20N2O4S/c1-12-8-9-16(26-12)19-21-15(11-27-19)10-17(23)22-18(13(2)20(24)25)14-6-4-3-5-7-14/h3-9,11,13,18H,10H2,1-2H3,(H,22,23)(H,24,25). The van der Waals surface area contributed by atoms with Crippen LogP contribution in [0, 0.1) is 12.8 Å². The van der Waals surface area contributed by atoms with Crippen LogP contribution in [0.1, 0.15) is 30.0 Å². The largest absolute Gasteiger partial charge is 0.481 e. The number of nitrogens with one attached hydrogen (secondary N) is 1. The van der Waals surface area contributed by atoms with Crippen LogP contribution in [0.3, 0.4) is 0 Å². The third-order valence-corrected chi connectivity index (χ3v) is 5.11. The number of carbonyl (C=O) groups is 2. The van der Waals surface area contributed by atoms with Gasteiger partial charge in [0.25, 0.3) is 0 Å². The Morgan fingerprint density at radius 1 is 1.22 bits per heavy atom.